The second-order valence-electron chi connectivity index (χ2n) is 6.21. The van der Waals surface area contributed by atoms with Crippen molar-refractivity contribution in [1.29, 1.82) is 0 Å². The fourth-order valence-corrected chi connectivity index (χ4v) is 2.64. The summed E-state index contributed by atoms with van der Waals surface area (Å²) in [4.78, 5) is 12.1. The fraction of sp³-hybridized carbons (Fsp3) is 0.571. The van der Waals surface area contributed by atoms with Gasteiger partial charge in [-0.2, -0.15) is 0 Å². The molecular formula is C21H32O. The van der Waals surface area contributed by atoms with E-state index < -0.39 is 0 Å². The predicted octanol–water partition coefficient (Wildman–Crippen LogP) is 6.28. The fourth-order valence-electron chi connectivity index (χ4n) is 2.64. The van der Waals surface area contributed by atoms with E-state index in [2.05, 4.69) is 37.3 Å². The first-order chi connectivity index (χ1) is 10.7. The van der Waals surface area contributed by atoms with Crippen molar-refractivity contribution in [3.05, 3.63) is 47.5 Å². The van der Waals surface area contributed by atoms with Gasteiger partial charge in [0.05, 0.1) is 0 Å². The third-order valence-electron chi connectivity index (χ3n) is 4.16. The SMILES string of the molecule is CCCCCCC/C=C(\C)C(=O)CCCCc1ccccc1. The predicted molar refractivity (Wildman–Crippen MR) is 96.1 cm³/mol. The van der Waals surface area contributed by atoms with Gasteiger partial charge >= 0.3 is 0 Å². The highest BCUT2D eigenvalue weighted by Crippen LogP contribution is 2.11. The molecule has 0 aliphatic heterocycles. The number of aryl methyl sites for hydroxylation is 1. The summed E-state index contributed by atoms with van der Waals surface area (Å²) >= 11 is 0. The van der Waals surface area contributed by atoms with Crippen LogP contribution in [0.5, 0.6) is 0 Å². The van der Waals surface area contributed by atoms with Gasteiger partial charge < -0.3 is 0 Å². The van der Waals surface area contributed by atoms with Crippen LogP contribution in [-0.2, 0) is 11.2 Å². The first kappa shape index (κ1) is 18.7. The Morgan fingerprint density at radius 1 is 0.955 bits per heavy atom. The molecule has 1 nitrogen and oxygen atoms in total. The van der Waals surface area contributed by atoms with E-state index >= 15 is 0 Å². The molecule has 1 aromatic rings. The number of carbonyl (C=O) groups excluding carboxylic acids is 1. The number of allylic oxidation sites excluding steroid dienone is 2. The maximum atomic E-state index is 12.1. The van der Waals surface area contributed by atoms with Gasteiger partial charge in [-0.15, -0.1) is 0 Å². The molecule has 0 N–H and O–H groups in total. The first-order valence-electron chi connectivity index (χ1n) is 8.98. The molecule has 0 fully saturated rings. The van der Waals surface area contributed by atoms with Gasteiger partial charge in [0.25, 0.3) is 0 Å². The maximum Gasteiger partial charge on any atom is 0.158 e. The minimum Gasteiger partial charge on any atom is -0.295 e. The van der Waals surface area contributed by atoms with Gasteiger partial charge in [-0.3, -0.25) is 4.79 Å². The number of benzene rings is 1. The van der Waals surface area contributed by atoms with Crippen LogP contribution in [0.3, 0.4) is 0 Å². The van der Waals surface area contributed by atoms with Crippen molar-refractivity contribution in [3.8, 4) is 0 Å². The largest absolute Gasteiger partial charge is 0.295 e. The van der Waals surface area contributed by atoms with Crippen LogP contribution in [0.15, 0.2) is 42.0 Å². The van der Waals surface area contributed by atoms with Crippen molar-refractivity contribution >= 4 is 5.78 Å². The normalized spacial score (nSPS) is 11.6. The van der Waals surface area contributed by atoms with Gasteiger partial charge in [-0.1, -0.05) is 69.0 Å². The molecule has 0 saturated heterocycles. The smallest absolute Gasteiger partial charge is 0.158 e. The lowest BCUT2D eigenvalue weighted by Crippen LogP contribution is -2.00. The zero-order valence-corrected chi connectivity index (χ0v) is 14.4. The van der Waals surface area contributed by atoms with Gasteiger partial charge in [0, 0.05) is 6.42 Å². The molecule has 1 heteroatoms. The summed E-state index contributed by atoms with van der Waals surface area (Å²) in [5, 5.41) is 0. The van der Waals surface area contributed by atoms with E-state index in [1.54, 1.807) is 0 Å². The number of hydrogen-bond acceptors (Lipinski definition) is 1. The van der Waals surface area contributed by atoms with Gasteiger partial charge in [-0.05, 0) is 50.2 Å². The average molecular weight is 300 g/mol. The van der Waals surface area contributed by atoms with E-state index in [0.717, 1.165) is 31.3 Å². The molecule has 0 radical (unpaired) electrons. The summed E-state index contributed by atoms with van der Waals surface area (Å²) < 4.78 is 0. The molecule has 0 amide bonds. The lowest BCUT2D eigenvalue weighted by Gasteiger charge is -2.03. The number of ketones is 1. The molecule has 0 aromatic heterocycles. The zero-order valence-electron chi connectivity index (χ0n) is 14.4. The van der Waals surface area contributed by atoms with Crippen LogP contribution in [-0.4, -0.2) is 5.78 Å². The number of rotatable bonds is 12. The number of Topliss-reactive ketones (excluding diaryl/α,β-unsaturated/α-hetero) is 1. The Morgan fingerprint density at radius 3 is 2.41 bits per heavy atom. The summed E-state index contributed by atoms with van der Waals surface area (Å²) in [5.74, 6) is 0.335. The molecule has 0 aliphatic rings. The Morgan fingerprint density at radius 2 is 1.68 bits per heavy atom. The number of hydrogen-bond donors (Lipinski definition) is 0. The average Bonchev–Trinajstić information content (AvgIpc) is 2.55. The van der Waals surface area contributed by atoms with Gasteiger partial charge in [0.15, 0.2) is 5.78 Å². The second-order valence-corrected chi connectivity index (χ2v) is 6.21. The van der Waals surface area contributed by atoms with Crippen molar-refractivity contribution in [3.63, 3.8) is 0 Å². The van der Waals surface area contributed by atoms with Crippen LogP contribution in [0.25, 0.3) is 0 Å². The molecule has 0 saturated carbocycles. The van der Waals surface area contributed by atoms with Crippen LogP contribution in [0.4, 0.5) is 0 Å². The molecule has 0 unspecified atom stereocenters. The van der Waals surface area contributed by atoms with E-state index in [1.807, 2.05) is 13.0 Å². The van der Waals surface area contributed by atoms with Crippen LogP contribution in [0.2, 0.25) is 0 Å². The molecule has 122 valence electrons. The number of carbonyl (C=O) groups is 1. The maximum absolute atomic E-state index is 12.1. The van der Waals surface area contributed by atoms with Gasteiger partial charge in [-0.25, -0.2) is 0 Å². The first-order valence-corrected chi connectivity index (χ1v) is 8.98. The molecule has 0 bridgehead atoms. The molecule has 22 heavy (non-hydrogen) atoms. The minimum atomic E-state index is 0.335. The third kappa shape index (κ3) is 8.81. The van der Waals surface area contributed by atoms with Crippen molar-refractivity contribution in [2.75, 3.05) is 0 Å². The molecule has 1 rings (SSSR count). The molecule has 0 aliphatic carbocycles. The highest BCUT2D eigenvalue weighted by Gasteiger charge is 2.04. The summed E-state index contributed by atoms with van der Waals surface area (Å²) in [7, 11) is 0. The van der Waals surface area contributed by atoms with Gasteiger partial charge in [0.2, 0.25) is 0 Å². The summed E-state index contributed by atoms with van der Waals surface area (Å²) in [6.07, 6.45) is 13.5. The van der Waals surface area contributed by atoms with E-state index in [0.29, 0.717) is 12.2 Å². The molecular weight excluding hydrogens is 268 g/mol. The standard InChI is InChI=1S/C21H32O/c1-3-4-5-6-7-9-14-19(2)21(22)18-13-12-17-20-15-10-8-11-16-20/h8,10-11,14-16H,3-7,9,12-13,17-18H2,1-2H3/b19-14+. The topological polar surface area (TPSA) is 17.1 Å². The van der Waals surface area contributed by atoms with E-state index in [-0.39, 0.29) is 0 Å². The molecule has 0 spiro atoms. The highest BCUT2D eigenvalue weighted by molar-refractivity contribution is 5.94. The van der Waals surface area contributed by atoms with Crippen LogP contribution in [0, 0.1) is 0 Å². The Hall–Kier alpha value is -1.37. The molecule has 1 aromatic carbocycles. The summed E-state index contributed by atoms with van der Waals surface area (Å²) in [6.45, 7) is 4.21. The highest BCUT2D eigenvalue weighted by atomic mass is 16.1. The summed E-state index contributed by atoms with van der Waals surface area (Å²) in [6, 6.07) is 10.5. The Kier molecular flexibility index (Phi) is 10.4. The van der Waals surface area contributed by atoms with Crippen LogP contribution >= 0.6 is 0 Å². The Labute approximate surface area is 136 Å². The van der Waals surface area contributed by atoms with E-state index in [4.69, 9.17) is 0 Å². The molecule has 0 atom stereocenters. The second kappa shape index (κ2) is 12.2. The Balaban J connectivity index is 2.10. The summed E-state index contributed by atoms with van der Waals surface area (Å²) in [5.41, 5.74) is 2.34. The zero-order chi connectivity index (χ0) is 16.0. The monoisotopic (exact) mass is 300 g/mol. The lowest BCUT2D eigenvalue weighted by atomic mass is 10.0. The van der Waals surface area contributed by atoms with Crippen LogP contribution < -0.4 is 0 Å². The molecule has 0 heterocycles. The van der Waals surface area contributed by atoms with E-state index in [9.17, 15) is 4.79 Å². The van der Waals surface area contributed by atoms with Crippen molar-refractivity contribution in [2.24, 2.45) is 0 Å². The van der Waals surface area contributed by atoms with E-state index in [1.165, 1.54) is 37.7 Å². The van der Waals surface area contributed by atoms with Crippen molar-refractivity contribution in [1.82, 2.24) is 0 Å². The Bertz CT molecular complexity index is 430. The van der Waals surface area contributed by atoms with Crippen LogP contribution in [0.1, 0.15) is 77.2 Å². The lowest BCUT2D eigenvalue weighted by molar-refractivity contribution is -0.115. The third-order valence-corrected chi connectivity index (χ3v) is 4.16. The quantitative estimate of drug-likeness (QED) is 0.328. The van der Waals surface area contributed by atoms with Crippen molar-refractivity contribution < 1.29 is 4.79 Å². The van der Waals surface area contributed by atoms with Gasteiger partial charge in [0.1, 0.15) is 0 Å². The number of unbranched alkanes of at least 4 members (excludes halogenated alkanes) is 6. The van der Waals surface area contributed by atoms with Crippen molar-refractivity contribution in [2.45, 2.75) is 78.1 Å². The minimum absolute atomic E-state index is 0.335.